The van der Waals surface area contributed by atoms with Gasteiger partial charge in [-0.3, -0.25) is 0 Å². The van der Waals surface area contributed by atoms with Gasteiger partial charge in [0, 0.05) is 50.3 Å². The van der Waals surface area contributed by atoms with E-state index in [1.54, 1.807) is 37.4 Å². The lowest BCUT2D eigenvalue weighted by Gasteiger charge is -2.39. The minimum atomic E-state index is -1.58. The molecule has 0 amide bonds. The molecule has 0 saturated carbocycles. The van der Waals surface area contributed by atoms with E-state index in [-0.39, 0.29) is 0 Å². The summed E-state index contributed by atoms with van der Waals surface area (Å²) in [6.07, 6.45) is 0.299. The zero-order chi connectivity index (χ0) is 32.0. The molecule has 3 heterocycles. The fourth-order valence-electron chi connectivity index (χ4n) is 5.23. The van der Waals surface area contributed by atoms with Crippen LogP contribution in [0.1, 0.15) is 36.0 Å². The molecule has 0 aliphatic rings. The van der Waals surface area contributed by atoms with Crippen LogP contribution in [-0.2, 0) is 5.60 Å². The average Bonchev–Trinajstić information content (AvgIpc) is 3.02. The van der Waals surface area contributed by atoms with Crippen molar-refractivity contribution in [2.45, 2.75) is 24.9 Å². The Morgan fingerprint density at radius 1 is 0.886 bits per heavy atom. The third kappa shape index (κ3) is 6.77. The summed E-state index contributed by atoms with van der Waals surface area (Å²) in [5.41, 5.74) is 1.45. The van der Waals surface area contributed by atoms with Gasteiger partial charge in [0.15, 0.2) is 5.69 Å². The number of ether oxygens (including phenoxy) is 4. The monoisotopic (exact) mass is 600 g/mol. The Morgan fingerprint density at radius 3 is 2.16 bits per heavy atom. The maximum atomic E-state index is 13.2. The van der Waals surface area contributed by atoms with Gasteiger partial charge in [0.25, 0.3) is 0 Å². The number of fused-ring (bicyclic) bond motifs is 1. The molecule has 2 atom stereocenters. The number of hydrogen-bond donors (Lipinski definition) is 1. The molecule has 11 heteroatoms. The predicted molar refractivity (Wildman–Crippen MR) is 171 cm³/mol. The van der Waals surface area contributed by atoms with Crippen LogP contribution in [0.5, 0.6) is 23.5 Å². The van der Waals surface area contributed by atoms with Gasteiger partial charge in [-0.05, 0) is 68.2 Å². The molecule has 1 aromatic carbocycles. The molecule has 0 spiro atoms. The van der Waals surface area contributed by atoms with Crippen molar-refractivity contribution in [3.8, 4) is 23.5 Å². The fourth-order valence-corrected chi connectivity index (χ4v) is 5.23. The van der Waals surface area contributed by atoms with E-state index >= 15 is 0 Å². The summed E-state index contributed by atoms with van der Waals surface area (Å²) >= 11 is 0. The van der Waals surface area contributed by atoms with Crippen LogP contribution in [0.3, 0.4) is 0 Å². The quantitative estimate of drug-likeness (QED) is 0.210. The van der Waals surface area contributed by atoms with Crippen LogP contribution in [0, 0.1) is 6.57 Å². The molecule has 4 aromatic rings. The number of aliphatic hydroxyl groups is 1. The summed E-state index contributed by atoms with van der Waals surface area (Å²) in [7, 11) is 12.3. The predicted octanol–water partition coefficient (Wildman–Crippen LogP) is 5.04. The van der Waals surface area contributed by atoms with Crippen LogP contribution >= 0.6 is 0 Å². The molecule has 0 radical (unpaired) electrons. The third-order valence-electron chi connectivity index (χ3n) is 7.43. The van der Waals surface area contributed by atoms with Crippen molar-refractivity contribution in [1.29, 1.82) is 0 Å². The summed E-state index contributed by atoms with van der Waals surface area (Å²) in [4.78, 5) is 21.4. The normalized spacial score (nSPS) is 13.2. The van der Waals surface area contributed by atoms with Crippen LogP contribution in [0.2, 0.25) is 0 Å². The van der Waals surface area contributed by atoms with Crippen molar-refractivity contribution in [1.82, 2.24) is 19.9 Å². The van der Waals surface area contributed by atoms with Gasteiger partial charge in [-0.25, -0.2) is 9.83 Å². The molecular formula is C33H40N6O5. The average molecular weight is 601 g/mol. The first-order chi connectivity index (χ1) is 21.1. The molecule has 0 aliphatic carbocycles. The molecule has 0 fully saturated rings. The molecule has 2 unspecified atom stereocenters. The number of hydrogen-bond acceptors (Lipinski definition) is 10. The van der Waals surface area contributed by atoms with Gasteiger partial charge in [0.1, 0.15) is 11.4 Å². The van der Waals surface area contributed by atoms with E-state index in [0.717, 1.165) is 10.9 Å². The van der Waals surface area contributed by atoms with E-state index in [2.05, 4.69) is 14.8 Å². The molecule has 232 valence electrons. The van der Waals surface area contributed by atoms with Crippen LogP contribution in [0.15, 0.2) is 48.5 Å². The maximum Gasteiger partial charge on any atom is 0.217 e. The number of methoxy groups -OCH3 is 3. The van der Waals surface area contributed by atoms with Gasteiger partial charge in [-0.15, -0.1) is 0 Å². The van der Waals surface area contributed by atoms with Crippen molar-refractivity contribution in [2.75, 3.05) is 67.6 Å². The maximum absolute atomic E-state index is 13.2. The van der Waals surface area contributed by atoms with Crippen molar-refractivity contribution in [2.24, 2.45) is 0 Å². The molecule has 1 N–H and O–H groups in total. The van der Waals surface area contributed by atoms with Crippen LogP contribution in [0.4, 0.5) is 11.5 Å². The molecule has 0 bridgehead atoms. The lowest BCUT2D eigenvalue weighted by molar-refractivity contribution is 0.00325. The van der Waals surface area contributed by atoms with Gasteiger partial charge in [0.2, 0.25) is 23.5 Å². The van der Waals surface area contributed by atoms with Crippen molar-refractivity contribution >= 4 is 22.4 Å². The highest BCUT2D eigenvalue weighted by Crippen LogP contribution is 2.49. The molecule has 0 saturated heterocycles. The Labute approximate surface area is 258 Å². The second-order valence-electron chi connectivity index (χ2n) is 10.9. The van der Waals surface area contributed by atoms with E-state index in [9.17, 15) is 5.11 Å². The van der Waals surface area contributed by atoms with Crippen molar-refractivity contribution < 1.29 is 24.1 Å². The van der Waals surface area contributed by atoms with Gasteiger partial charge >= 0.3 is 0 Å². The number of pyridine rings is 3. The molecule has 4 rings (SSSR count). The second-order valence-corrected chi connectivity index (χ2v) is 10.9. The topological polar surface area (TPSA) is 107 Å². The number of aromatic nitrogens is 3. The summed E-state index contributed by atoms with van der Waals surface area (Å²) in [6.45, 7) is 10.4. The number of benzene rings is 1. The van der Waals surface area contributed by atoms with E-state index in [4.69, 9.17) is 30.5 Å². The van der Waals surface area contributed by atoms with Gasteiger partial charge in [-0.2, -0.15) is 9.97 Å². The Bertz CT molecular complexity index is 1630. The first-order valence-electron chi connectivity index (χ1n) is 14.2. The lowest BCUT2D eigenvalue weighted by atomic mass is 9.72. The highest BCUT2D eigenvalue weighted by atomic mass is 16.5. The van der Waals surface area contributed by atoms with Gasteiger partial charge < -0.3 is 33.9 Å². The third-order valence-corrected chi connectivity index (χ3v) is 7.43. The SMILES string of the molecule is [C-]#[N+]c1ccc2nc(OC)c(C(c3cc(OCC)nc(N(C)C)c3)C(O)(CCN(C)C)c3cc(OC)nc(OC)c3)cc2c1. The highest BCUT2D eigenvalue weighted by Gasteiger charge is 2.43. The smallest absolute Gasteiger partial charge is 0.217 e. The van der Waals surface area contributed by atoms with Crippen LogP contribution in [0.25, 0.3) is 15.7 Å². The van der Waals surface area contributed by atoms with Crippen LogP contribution in [-0.4, -0.2) is 87.6 Å². The lowest BCUT2D eigenvalue weighted by Crippen LogP contribution is -2.38. The number of anilines is 1. The molecule has 44 heavy (non-hydrogen) atoms. The highest BCUT2D eigenvalue weighted by molar-refractivity contribution is 5.84. The summed E-state index contributed by atoms with van der Waals surface area (Å²) in [6, 6.07) is 14.5. The Hall–Kier alpha value is -4.66. The Kier molecular flexibility index (Phi) is 10.1. The summed E-state index contributed by atoms with van der Waals surface area (Å²) in [5, 5.41) is 14.0. The van der Waals surface area contributed by atoms with Crippen LogP contribution < -0.4 is 23.8 Å². The standard InChI is InChI=1S/C33H40N6O5/c1-10-44-30-18-22(17-27(36-30)39(5)6)31(25-16-21-15-24(34-2)11-12-26(21)35-32(25)43-9)33(40,13-14-38(3)4)23-19-28(41-7)37-29(20-23)42-8/h11-12,15-20,31,40H,10,13-14H2,1,3-9H3. The fraction of sp³-hybridized carbons (Fsp3) is 0.394. The van der Waals surface area contributed by atoms with Gasteiger partial charge in [-0.1, -0.05) is 6.07 Å². The molecule has 3 aromatic heterocycles. The van der Waals surface area contributed by atoms with E-state index < -0.39 is 11.5 Å². The van der Waals surface area contributed by atoms with E-state index in [1.807, 2.05) is 63.1 Å². The van der Waals surface area contributed by atoms with E-state index in [0.29, 0.717) is 71.2 Å². The van der Waals surface area contributed by atoms with Crippen molar-refractivity contribution in [3.05, 3.63) is 76.6 Å². The first-order valence-corrected chi connectivity index (χ1v) is 14.2. The van der Waals surface area contributed by atoms with E-state index in [1.165, 1.54) is 14.2 Å². The largest absolute Gasteiger partial charge is 0.481 e. The number of nitrogens with zero attached hydrogens (tertiary/aromatic N) is 6. The van der Waals surface area contributed by atoms with Crippen molar-refractivity contribution in [3.63, 3.8) is 0 Å². The summed E-state index contributed by atoms with van der Waals surface area (Å²) < 4.78 is 22.9. The molecular weight excluding hydrogens is 560 g/mol. The zero-order valence-corrected chi connectivity index (χ0v) is 26.6. The zero-order valence-electron chi connectivity index (χ0n) is 26.6. The number of rotatable bonds is 13. The minimum absolute atomic E-state index is 0.297. The Balaban J connectivity index is 2.15. The first kappa shape index (κ1) is 32.3. The molecule has 0 aliphatic heterocycles. The Morgan fingerprint density at radius 2 is 1.59 bits per heavy atom. The summed E-state index contributed by atoms with van der Waals surface area (Å²) in [5.74, 6) is 1.25. The van der Waals surface area contributed by atoms with Gasteiger partial charge in [0.05, 0.1) is 40.0 Å². The molecule has 11 nitrogen and oxygen atoms in total. The second kappa shape index (κ2) is 13.8. The minimum Gasteiger partial charge on any atom is -0.481 e.